The average molecular weight is 335 g/mol. The van der Waals surface area contributed by atoms with Crippen molar-refractivity contribution in [2.45, 2.75) is 26.1 Å². The number of benzene rings is 1. The number of rotatable bonds is 2. The summed E-state index contributed by atoms with van der Waals surface area (Å²) < 4.78 is 11.4. The summed E-state index contributed by atoms with van der Waals surface area (Å²) in [7, 11) is 0. The van der Waals surface area contributed by atoms with Gasteiger partial charge in [-0.2, -0.15) is 0 Å². The average Bonchev–Trinajstić information content (AvgIpc) is 2.95. The molecule has 3 rings (SSSR count). The molecule has 1 amide bonds. The van der Waals surface area contributed by atoms with Crippen LogP contribution in [0.3, 0.4) is 0 Å². The molecule has 2 N–H and O–H groups in total. The molecule has 0 bridgehead atoms. The maximum absolute atomic E-state index is 12.6. The van der Waals surface area contributed by atoms with Crippen molar-refractivity contribution in [1.29, 1.82) is 0 Å². The van der Waals surface area contributed by atoms with Crippen molar-refractivity contribution < 1.29 is 13.9 Å². The highest BCUT2D eigenvalue weighted by molar-refractivity contribution is 6.33. The van der Waals surface area contributed by atoms with E-state index in [-0.39, 0.29) is 18.1 Å². The summed E-state index contributed by atoms with van der Waals surface area (Å²) in [6.07, 6.45) is 0.0346. The number of hydrogen-bond donors (Lipinski definition) is 1. The predicted molar refractivity (Wildman–Crippen MR) is 89.5 cm³/mol. The number of hydrogen-bond acceptors (Lipinski definition) is 4. The van der Waals surface area contributed by atoms with Gasteiger partial charge >= 0.3 is 0 Å². The van der Waals surface area contributed by atoms with Gasteiger partial charge < -0.3 is 19.8 Å². The quantitative estimate of drug-likeness (QED) is 0.854. The first kappa shape index (κ1) is 15.9. The molecule has 1 fully saturated rings. The fourth-order valence-corrected chi connectivity index (χ4v) is 3.11. The second-order valence-corrected chi connectivity index (χ2v) is 6.28. The second kappa shape index (κ2) is 6.26. The van der Waals surface area contributed by atoms with Crippen LogP contribution in [0.25, 0.3) is 11.3 Å². The lowest BCUT2D eigenvalue weighted by Crippen LogP contribution is -2.48. The van der Waals surface area contributed by atoms with Crippen LogP contribution in [-0.2, 0) is 4.74 Å². The second-order valence-electron chi connectivity index (χ2n) is 5.87. The number of carbonyl (C=O) groups excluding carboxylic acids is 1. The van der Waals surface area contributed by atoms with Gasteiger partial charge in [-0.05, 0) is 44.2 Å². The highest BCUT2D eigenvalue weighted by Gasteiger charge is 2.28. The smallest absolute Gasteiger partial charge is 0.289 e. The Balaban J connectivity index is 1.82. The van der Waals surface area contributed by atoms with E-state index in [1.807, 2.05) is 13.8 Å². The van der Waals surface area contributed by atoms with E-state index in [2.05, 4.69) is 0 Å². The van der Waals surface area contributed by atoms with Gasteiger partial charge in [-0.15, -0.1) is 0 Å². The van der Waals surface area contributed by atoms with E-state index in [1.54, 1.807) is 35.2 Å². The van der Waals surface area contributed by atoms with E-state index in [0.29, 0.717) is 40.9 Å². The molecule has 0 spiro atoms. The molecule has 23 heavy (non-hydrogen) atoms. The van der Waals surface area contributed by atoms with Crippen LogP contribution in [0, 0.1) is 0 Å². The summed E-state index contributed by atoms with van der Waals surface area (Å²) >= 11 is 6.19. The number of anilines is 1. The molecule has 6 heteroatoms. The number of nitrogens with zero attached hydrogens (tertiary/aromatic N) is 1. The lowest BCUT2D eigenvalue weighted by molar-refractivity contribution is -0.0592. The molecule has 1 aliphatic heterocycles. The van der Waals surface area contributed by atoms with Gasteiger partial charge in [0.15, 0.2) is 5.76 Å². The lowest BCUT2D eigenvalue weighted by Gasteiger charge is -2.34. The molecule has 0 saturated carbocycles. The molecule has 1 saturated heterocycles. The van der Waals surface area contributed by atoms with Crippen molar-refractivity contribution in [3.63, 3.8) is 0 Å². The number of amides is 1. The Bertz CT molecular complexity index is 718. The molecular weight excluding hydrogens is 316 g/mol. The Hall–Kier alpha value is -1.98. The minimum Gasteiger partial charge on any atom is -0.451 e. The zero-order valence-electron chi connectivity index (χ0n) is 13.1. The first-order chi connectivity index (χ1) is 10.9. The summed E-state index contributed by atoms with van der Waals surface area (Å²) in [5, 5.41) is 0.493. The first-order valence-corrected chi connectivity index (χ1v) is 7.92. The van der Waals surface area contributed by atoms with Crippen LogP contribution in [0.2, 0.25) is 5.02 Å². The van der Waals surface area contributed by atoms with E-state index < -0.39 is 0 Å². The maximum Gasteiger partial charge on any atom is 0.289 e. The molecule has 1 aromatic carbocycles. The maximum atomic E-state index is 12.6. The Labute approximate surface area is 140 Å². The third-order valence-electron chi connectivity index (χ3n) is 3.78. The van der Waals surface area contributed by atoms with Crippen LogP contribution in [0.4, 0.5) is 5.69 Å². The molecule has 1 aliphatic rings. The van der Waals surface area contributed by atoms with Crippen molar-refractivity contribution in [3.8, 4) is 11.3 Å². The van der Waals surface area contributed by atoms with Crippen molar-refractivity contribution in [2.75, 3.05) is 18.8 Å². The number of furan rings is 1. The predicted octanol–water partition coefficient (Wildman–Crippen LogP) is 3.43. The third kappa shape index (κ3) is 3.35. The lowest BCUT2D eigenvalue weighted by atomic mass is 10.1. The summed E-state index contributed by atoms with van der Waals surface area (Å²) in [5.41, 5.74) is 6.99. The molecule has 5 nitrogen and oxygen atoms in total. The van der Waals surface area contributed by atoms with Crippen LogP contribution < -0.4 is 5.73 Å². The van der Waals surface area contributed by atoms with Crippen molar-refractivity contribution >= 4 is 23.2 Å². The fraction of sp³-hybridized carbons (Fsp3) is 0.353. The van der Waals surface area contributed by atoms with E-state index in [4.69, 9.17) is 26.5 Å². The van der Waals surface area contributed by atoms with Crippen molar-refractivity contribution in [3.05, 3.63) is 41.1 Å². The van der Waals surface area contributed by atoms with Crippen molar-refractivity contribution in [1.82, 2.24) is 4.90 Å². The van der Waals surface area contributed by atoms with Gasteiger partial charge in [-0.1, -0.05) is 11.6 Å². The van der Waals surface area contributed by atoms with Gasteiger partial charge in [0.05, 0.1) is 17.2 Å². The Morgan fingerprint density at radius 2 is 1.91 bits per heavy atom. The summed E-state index contributed by atoms with van der Waals surface area (Å²) in [6, 6.07) is 8.61. The van der Waals surface area contributed by atoms with Crippen molar-refractivity contribution in [2.24, 2.45) is 0 Å². The normalized spacial score (nSPS) is 21.4. The molecule has 1 aromatic heterocycles. The molecule has 0 aliphatic carbocycles. The van der Waals surface area contributed by atoms with Gasteiger partial charge in [-0.25, -0.2) is 0 Å². The zero-order chi connectivity index (χ0) is 16.6. The number of carbonyl (C=O) groups is 1. The minimum atomic E-state index is -0.134. The van der Waals surface area contributed by atoms with E-state index in [1.165, 1.54) is 0 Å². The van der Waals surface area contributed by atoms with Gasteiger partial charge in [-0.3, -0.25) is 4.79 Å². The topological polar surface area (TPSA) is 68.7 Å². The Kier molecular flexibility index (Phi) is 4.33. The standard InChI is InChI=1S/C17H19ClN2O3/c1-10-8-20(9-11(2)22-10)17(21)16-6-5-15(23-16)13-4-3-12(19)7-14(13)18/h3-7,10-11H,8-9,19H2,1-2H3/t10-,11+. The monoisotopic (exact) mass is 334 g/mol. The Morgan fingerprint density at radius 3 is 2.57 bits per heavy atom. The number of halogens is 1. The van der Waals surface area contributed by atoms with Gasteiger partial charge in [0.25, 0.3) is 5.91 Å². The molecule has 2 heterocycles. The summed E-state index contributed by atoms with van der Waals surface area (Å²) in [6.45, 7) is 5.03. The molecular formula is C17H19ClN2O3. The highest BCUT2D eigenvalue weighted by Crippen LogP contribution is 2.31. The Morgan fingerprint density at radius 1 is 1.22 bits per heavy atom. The SMILES string of the molecule is C[C@@H]1CN(C(=O)c2ccc(-c3ccc(N)cc3Cl)o2)C[C@H](C)O1. The third-order valence-corrected chi connectivity index (χ3v) is 4.09. The molecule has 0 radical (unpaired) electrons. The van der Waals surface area contributed by atoms with Crippen LogP contribution in [0.1, 0.15) is 24.4 Å². The fourth-order valence-electron chi connectivity index (χ4n) is 2.83. The number of nitrogens with two attached hydrogens (primary N) is 1. The van der Waals surface area contributed by atoms with Crippen LogP contribution >= 0.6 is 11.6 Å². The number of nitrogen functional groups attached to an aromatic ring is 1. The van der Waals surface area contributed by atoms with E-state index in [9.17, 15) is 4.79 Å². The first-order valence-electron chi connectivity index (χ1n) is 7.54. The number of ether oxygens (including phenoxy) is 1. The highest BCUT2D eigenvalue weighted by atomic mass is 35.5. The molecule has 0 unspecified atom stereocenters. The molecule has 2 aromatic rings. The van der Waals surface area contributed by atoms with Crippen LogP contribution in [0.5, 0.6) is 0 Å². The number of morpholine rings is 1. The van der Waals surface area contributed by atoms with Gasteiger partial charge in [0.2, 0.25) is 0 Å². The van der Waals surface area contributed by atoms with Crippen LogP contribution in [-0.4, -0.2) is 36.1 Å². The summed E-state index contributed by atoms with van der Waals surface area (Å²) in [5.74, 6) is 0.715. The van der Waals surface area contributed by atoms with E-state index >= 15 is 0 Å². The molecule has 2 atom stereocenters. The van der Waals surface area contributed by atoms with Gasteiger partial charge in [0, 0.05) is 24.3 Å². The van der Waals surface area contributed by atoms with Crippen LogP contribution in [0.15, 0.2) is 34.7 Å². The summed E-state index contributed by atoms with van der Waals surface area (Å²) in [4.78, 5) is 14.4. The van der Waals surface area contributed by atoms with Gasteiger partial charge in [0.1, 0.15) is 5.76 Å². The van der Waals surface area contributed by atoms with E-state index in [0.717, 1.165) is 0 Å². The zero-order valence-corrected chi connectivity index (χ0v) is 13.8. The largest absolute Gasteiger partial charge is 0.451 e. The minimum absolute atomic E-state index is 0.0173. The molecule has 122 valence electrons.